The minimum absolute atomic E-state index is 0.104. The van der Waals surface area contributed by atoms with Crippen LogP contribution in [0.5, 0.6) is 0 Å². The van der Waals surface area contributed by atoms with E-state index in [-0.39, 0.29) is 11.5 Å². The molecule has 4 nitrogen and oxygen atoms in total. The van der Waals surface area contributed by atoms with Crippen molar-refractivity contribution in [2.75, 3.05) is 5.32 Å². The summed E-state index contributed by atoms with van der Waals surface area (Å²) in [7, 11) is 0. The van der Waals surface area contributed by atoms with Gasteiger partial charge in [0.05, 0.1) is 9.35 Å². The number of rotatable bonds is 2. The predicted octanol–water partition coefficient (Wildman–Crippen LogP) is 2.17. The lowest BCUT2D eigenvalue weighted by molar-refractivity contribution is -0.114. The smallest absolute Gasteiger partial charge is 0.338 e. The molecule has 0 saturated heterocycles. The molecule has 0 bridgehead atoms. The minimum Gasteiger partial charge on any atom is -0.478 e. The number of hydrogen-bond acceptors (Lipinski definition) is 3. The van der Waals surface area contributed by atoms with Crippen LogP contribution < -0.4 is 5.32 Å². The highest BCUT2D eigenvalue weighted by atomic mass is 79.9. The zero-order valence-electron chi connectivity index (χ0n) is 6.63. The molecule has 0 saturated carbocycles. The lowest BCUT2D eigenvalue weighted by atomic mass is 10.3. The van der Waals surface area contributed by atoms with Gasteiger partial charge in [-0.15, -0.1) is 11.3 Å². The molecule has 1 rings (SSSR count). The highest BCUT2D eigenvalue weighted by Crippen LogP contribution is 2.31. The minimum atomic E-state index is -1.05. The van der Waals surface area contributed by atoms with Crippen LogP contribution in [-0.2, 0) is 4.79 Å². The highest BCUT2D eigenvalue weighted by molar-refractivity contribution is 9.11. The van der Waals surface area contributed by atoms with Crippen LogP contribution in [0, 0.1) is 0 Å². The Hall–Kier alpha value is -0.880. The number of amides is 1. The molecule has 0 aliphatic heterocycles. The van der Waals surface area contributed by atoms with Crippen molar-refractivity contribution in [3.8, 4) is 0 Å². The standard InChI is InChI=1S/C7H6BrNO3S/c1-3(10)9-6-4(7(11)12)2-5(8)13-6/h2H,1H3,(H,9,10)(H,11,12). The van der Waals surface area contributed by atoms with Crippen molar-refractivity contribution in [2.45, 2.75) is 6.92 Å². The quantitative estimate of drug-likeness (QED) is 0.860. The van der Waals surface area contributed by atoms with Crippen LogP contribution in [0.25, 0.3) is 0 Å². The van der Waals surface area contributed by atoms with Gasteiger partial charge in [-0.3, -0.25) is 4.79 Å². The Morgan fingerprint density at radius 3 is 2.69 bits per heavy atom. The molecule has 2 N–H and O–H groups in total. The average molecular weight is 264 g/mol. The molecule has 0 spiro atoms. The predicted molar refractivity (Wildman–Crippen MR) is 53.3 cm³/mol. The van der Waals surface area contributed by atoms with Crippen LogP contribution in [0.2, 0.25) is 0 Å². The first-order valence-electron chi connectivity index (χ1n) is 3.31. The Kier molecular flexibility index (Phi) is 3.05. The van der Waals surface area contributed by atoms with E-state index in [4.69, 9.17) is 5.11 Å². The first-order chi connectivity index (χ1) is 6.00. The second kappa shape index (κ2) is 3.89. The molecule has 13 heavy (non-hydrogen) atoms. The van der Waals surface area contributed by atoms with E-state index < -0.39 is 5.97 Å². The van der Waals surface area contributed by atoms with Crippen molar-refractivity contribution in [1.82, 2.24) is 0 Å². The van der Waals surface area contributed by atoms with E-state index in [0.29, 0.717) is 8.79 Å². The zero-order valence-corrected chi connectivity index (χ0v) is 9.03. The maximum Gasteiger partial charge on any atom is 0.338 e. The van der Waals surface area contributed by atoms with Crippen molar-refractivity contribution >= 4 is 44.1 Å². The molecule has 0 atom stereocenters. The number of thiophene rings is 1. The van der Waals surface area contributed by atoms with E-state index in [1.807, 2.05) is 0 Å². The molecule has 0 aliphatic rings. The molecule has 0 radical (unpaired) electrons. The van der Waals surface area contributed by atoms with Gasteiger partial charge in [-0.05, 0) is 22.0 Å². The molecular formula is C7H6BrNO3S. The van der Waals surface area contributed by atoms with E-state index in [1.165, 1.54) is 24.3 Å². The fraction of sp³-hybridized carbons (Fsp3) is 0.143. The van der Waals surface area contributed by atoms with Gasteiger partial charge >= 0.3 is 5.97 Å². The topological polar surface area (TPSA) is 66.4 Å². The van der Waals surface area contributed by atoms with E-state index >= 15 is 0 Å². The van der Waals surface area contributed by atoms with E-state index in [0.717, 1.165) is 0 Å². The van der Waals surface area contributed by atoms with Gasteiger partial charge in [-0.1, -0.05) is 0 Å². The first kappa shape index (κ1) is 10.2. The molecule has 0 unspecified atom stereocenters. The molecule has 6 heteroatoms. The number of aromatic carboxylic acids is 1. The molecule has 1 aromatic heterocycles. The number of nitrogens with one attached hydrogen (secondary N) is 1. The van der Waals surface area contributed by atoms with Gasteiger partial charge in [0, 0.05) is 6.92 Å². The molecule has 1 heterocycles. The zero-order chi connectivity index (χ0) is 10.0. The Morgan fingerprint density at radius 1 is 1.62 bits per heavy atom. The monoisotopic (exact) mass is 263 g/mol. The van der Waals surface area contributed by atoms with Crippen LogP contribution >= 0.6 is 27.3 Å². The highest BCUT2D eigenvalue weighted by Gasteiger charge is 2.14. The van der Waals surface area contributed by atoms with Crippen molar-refractivity contribution in [2.24, 2.45) is 0 Å². The molecule has 1 amide bonds. The summed E-state index contributed by atoms with van der Waals surface area (Å²) < 4.78 is 0.675. The summed E-state index contributed by atoms with van der Waals surface area (Å²) in [5.41, 5.74) is 0.104. The Labute approximate surface area is 86.7 Å². The number of anilines is 1. The molecule has 1 aromatic rings. The van der Waals surface area contributed by atoms with Crippen LogP contribution in [0.15, 0.2) is 9.85 Å². The summed E-state index contributed by atoms with van der Waals surface area (Å²) in [5.74, 6) is -1.33. The number of hydrogen-bond donors (Lipinski definition) is 2. The summed E-state index contributed by atoms with van der Waals surface area (Å²) in [6.45, 7) is 1.33. The number of carboxylic acids is 1. The Balaban J connectivity index is 3.04. The van der Waals surface area contributed by atoms with E-state index in [1.54, 1.807) is 0 Å². The van der Waals surface area contributed by atoms with E-state index in [2.05, 4.69) is 21.2 Å². The van der Waals surface area contributed by atoms with Crippen molar-refractivity contribution in [3.63, 3.8) is 0 Å². The van der Waals surface area contributed by atoms with Gasteiger partial charge in [0.2, 0.25) is 5.91 Å². The normalized spacial score (nSPS) is 9.69. The van der Waals surface area contributed by atoms with Crippen molar-refractivity contribution < 1.29 is 14.7 Å². The lowest BCUT2D eigenvalue weighted by Crippen LogP contribution is -2.07. The third-order valence-corrected chi connectivity index (χ3v) is 2.78. The number of halogens is 1. The summed E-state index contributed by atoms with van der Waals surface area (Å²) >= 11 is 4.32. The molecule has 0 fully saturated rings. The second-order valence-corrected chi connectivity index (χ2v) is 4.71. The number of carboxylic acid groups (broad SMARTS) is 1. The van der Waals surface area contributed by atoms with Crippen LogP contribution in [-0.4, -0.2) is 17.0 Å². The third kappa shape index (κ3) is 2.53. The third-order valence-electron chi connectivity index (χ3n) is 1.22. The average Bonchev–Trinajstić information content (AvgIpc) is 2.29. The van der Waals surface area contributed by atoms with Gasteiger partial charge in [0.1, 0.15) is 5.00 Å². The summed E-state index contributed by atoms with van der Waals surface area (Å²) in [6, 6.07) is 1.46. The second-order valence-electron chi connectivity index (χ2n) is 2.28. The summed E-state index contributed by atoms with van der Waals surface area (Å²) in [5, 5.41) is 11.5. The number of carbonyl (C=O) groups is 2. The molecule has 70 valence electrons. The van der Waals surface area contributed by atoms with Crippen LogP contribution in [0.3, 0.4) is 0 Å². The maximum atomic E-state index is 10.7. The summed E-state index contributed by atoms with van der Waals surface area (Å²) in [4.78, 5) is 21.3. The fourth-order valence-corrected chi connectivity index (χ4v) is 2.31. The van der Waals surface area contributed by atoms with Gasteiger partial charge in [0.25, 0.3) is 0 Å². The lowest BCUT2D eigenvalue weighted by Gasteiger charge is -1.98. The van der Waals surface area contributed by atoms with Crippen molar-refractivity contribution in [1.29, 1.82) is 0 Å². The first-order valence-corrected chi connectivity index (χ1v) is 4.92. The fourth-order valence-electron chi connectivity index (χ4n) is 0.773. The Bertz CT molecular complexity index is 361. The molecular weight excluding hydrogens is 258 g/mol. The SMILES string of the molecule is CC(=O)Nc1sc(Br)cc1C(=O)O. The van der Waals surface area contributed by atoms with Gasteiger partial charge in [0.15, 0.2) is 0 Å². The van der Waals surface area contributed by atoms with Crippen LogP contribution in [0.1, 0.15) is 17.3 Å². The van der Waals surface area contributed by atoms with Gasteiger partial charge in [-0.2, -0.15) is 0 Å². The largest absolute Gasteiger partial charge is 0.478 e. The van der Waals surface area contributed by atoms with Gasteiger partial charge < -0.3 is 10.4 Å². The molecule has 0 aromatic carbocycles. The maximum absolute atomic E-state index is 10.7. The summed E-state index contributed by atoms with van der Waals surface area (Å²) in [6.07, 6.45) is 0. The number of carbonyl (C=O) groups excluding carboxylic acids is 1. The van der Waals surface area contributed by atoms with E-state index in [9.17, 15) is 9.59 Å². The molecule has 0 aliphatic carbocycles. The van der Waals surface area contributed by atoms with Crippen LogP contribution in [0.4, 0.5) is 5.00 Å². The Morgan fingerprint density at radius 2 is 2.23 bits per heavy atom. The van der Waals surface area contributed by atoms with Crippen molar-refractivity contribution in [3.05, 3.63) is 15.4 Å². The van der Waals surface area contributed by atoms with Gasteiger partial charge in [-0.25, -0.2) is 4.79 Å².